The molecule has 1 atom stereocenters. The number of carbonyl (C=O) groups is 2. The zero-order valence-corrected chi connectivity index (χ0v) is 22.0. The van der Waals surface area contributed by atoms with E-state index in [2.05, 4.69) is 5.32 Å². The van der Waals surface area contributed by atoms with E-state index in [4.69, 9.17) is 23.2 Å². The molecule has 2 rings (SSSR count). The quantitative estimate of drug-likeness (QED) is 0.412. The van der Waals surface area contributed by atoms with Crippen LogP contribution in [-0.2, 0) is 26.2 Å². The number of unbranched alkanes of at least 4 members (excludes halogenated alkanes) is 1. The second-order valence-electron chi connectivity index (χ2n) is 7.97. The number of anilines is 1. The molecule has 0 saturated heterocycles. The summed E-state index contributed by atoms with van der Waals surface area (Å²) in [5.74, 6) is -0.778. The fourth-order valence-electron chi connectivity index (χ4n) is 3.50. The standard InChI is InChI=1S/C24H31Cl2N3O4S/c1-4-6-12-27-24(31)22(5-2)28(16-18-10-8-7-9-11-18)23(30)17-29(34(3,32)33)21-14-19(25)13-20(26)15-21/h7-11,13-15,22H,4-6,12,16-17H2,1-3H3,(H,27,31)/t22-/m0/s1. The van der Waals surface area contributed by atoms with E-state index in [0.29, 0.717) is 13.0 Å². The van der Waals surface area contributed by atoms with Crippen molar-refractivity contribution in [1.82, 2.24) is 10.2 Å². The van der Waals surface area contributed by atoms with Gasteiger partial charge in [0.15, 0.2) is 0 Å². The molecule has 0 aromatic heterocycles. The van der Waals surface area contributed by atoms with Crippen molar-refractivity contribution in [2.45, 2.75) is 45.7 Å². The number of sulfonamides is 1. The first-order valence-electron chi connectivity index (χ1n) is 11.1. The second-order valence-corrected chi connectivity index (χ2v) is 10.8. The topological polar surface area (TPSA) is 86.8 Å². The lowest BCUT2D eigenvalue weighted by Crippen LogP contribution is -2.52. The van der Waals surface area contributed by atoms with Crippen LogP contribution in [0.4, 0.5) is 5.69 Å². The normalized spacial score (nSPS) is 12.1. The minimum atomic E-state index is -3.86. The number of benzene rings is 2. The number of nitrogens with one attached hydrogen (secondary N) is 1. The summed E-state index contributed by atoms with van der Waals surface area (Å²) in [6, 6.07) is 12.8. The van der Waals surface area contributed by atoms with E-state index in [9.17, 15) is 18.0 Å². The Kier molecular flexibility index (Phi) is 10.7. The number of halogens is 2. The summed E-state index contributed by atoms with van der Waals surface area (Å²) in [6.45, 7) is 4.01. The minimum absolute atomic E-state index is 0.160. The summed E-state index contributed by atoms with van der Waals surface area (Å²) < 4.78 is 26.2. The molecule has 34 heavy (non-hydrogen) atoms. The highest BCUT2D eigenvalue weighted by Crippen LogP contribution is 2.27. The van der Waals surface area contributed by atoms with Crippen LogP contribution in [0.2, 0.25) is 10.0 Å². The van der Waals surface area contributed by atoms with Gasteiger partial charge >= 0.3 is 0 Å². The van der Waals surface area contributed by atoms with Gasteiger partial charge in [0.25, 0.3) is 0 Å². The maximum atomic E-state index is 13.6. The Hall–Kier alpha value is -2.29. The van der Waals surface area contributed by atoms with Gasteiger partial charge in [0.1, 0.15) is 12.6 Å². The highest BCUT2D eigenvalue weighted by Gasteiger charge is 2.31. The van der Waals surface area contributed by atoms with Gasteiger partial charge in [-0.2, -0.15) is 0 Å². The van der Waals surface area contributed by atoms with Crippen LogP contribution in [0.25, 0.3) is 0 Å². The van der Waals surface area contributed by atoms with Crippen molar-refractivity contribution in [3.05, 3.63) is 64.1 Å². The van der Waals surface area contributed by atoms with Crippen LogP contribution in [0.5, 0.6) is 0 Å². The molecule has 0 aliphatic heterocycles. The Bertz CT molecular complexity index is 1060. The molecule has 0 aliphatic carbocycles. The third kappa shape index (κ3) is 8.18. The van der Waals surface area contributed by atoms with Crippen molar-refractivity contribution in [3.8, 4) is 0 Å². The Morgan fingerprint density at radius 1 is 1.03 bits per heavy atom. The van der Waals surface area contributed by atoms with Crippen LogP contribution in [0.15, 0.2) is 48.5 Å². The summed E-state index contributed by atoms with van der Waals surface area (Å²) >= 11 is 12.1. The van der Waals surface area contributed by atoms with Crippen LogP contribution in [0.1, 0.15) is 38.7 Å². The van der Waals surface area contributed by atoms with Crippen molar-refractivity contribution < 1.29 is 18.0 Å². The molecular weight excluding hydrogens is 497 g/mol. The lowest BCUT2D eigenvalue weighted by Gasteiger charge is -2.33. The van der Waals surface area contributed by atoms with E-state index >= 15 is 0 Å². The molecule has 0 radical (unpaired) electrons. The predicted octanol–water partition coefficient (Wildman–Crippen LogP) is 4.48. The molecule has 2 aromatic rings. The van der Waals surface area contributed by atoms with E-state index < -0.39 is 28.5 Å². The van der Waals surface area contributed by atoms with Gasteiger partial charge < -0.3 is 10.2 Å². The number of hydrogen-bond acceptors (Lipinski definition) is 4. The second kappa shape index (κ2) is 13.0. The maximum absolute atomic E-state index is 13.6. The van der Waals surface area contributed by atoms with Crippen molar-refractivity contribution in [1.29, 1.82) is 0 Å². The van der Waals surface area contributed by atoms with E-state index in [1.807, 2.05) is 44.2 Å². The first-order valence-corrected chi connectivity index (χ1v) is 13.7. The monoisotopic (exact) mass is 527 g/mol. The van der Waals surface area contributed by atoms with Crippen LogP contribution in [0.3, 0.4) is 0 Å². The summed E-state index contributed by atoms with van der Waals surface area (Å²) in [5, 5.41) is 3.37. The smallest absolute Gasteiger partial charge is 0.244 e. The van der Waals surface area contributed by atoms with Crippen molar-refractivity contribution in [2.75, 3.05) is 23.7 Å². The summed E-state index contributed by atoms with van der Waals surface area (Å²) in [7, 11) is -3.86. The van der Waals surface area contributed by atoms with Gasteiger partial charge in [-0.15, -0.1) is 0 Å². The molecule has 2 amide bonds. The first kappa shape index (κ1) is 28.0. The van der Waals surface area contributed by atoms with Crippen LogP contribution in [-0.4, -0.2) is 50.5 Å². The Labute approximate surface area is 212 Å². The average Bonchev–Trinajstić information content (AvgIpc) is 2.76. The van der Waals surface area contributed by atoms with Gasteiger partial charge in [-0.3, -0.25) is 13.9 Å². The fourth-order valence-corrected chi connectivity index (χ4v) is 4.85. The molecule has 2 aromatic carbocycles. The molecule has 7 nitrogen and oxygen atoms in total. The van der Waals surface area contributed by atoms with Crippen LogP contribution in [0, 0.1) is 0 Å². The third-order valence-corrected chi connectivity index (χ3v) is 6.80. The highest BCUT2D eigenvalue weighted by molar-refractivity contribution is 7.92. The fraction of sp³-hybridized carbons (Fsp3) is 0.417. The zero-order valence-electron chi connectivity index (χ0n) is 19.6. The van der Waals surface area contributed by atoms with Gasteiger partial charge in [-0.25, -0.2) is 8.42 Å². The van der Waals surface area contributed by atoms with Crippen molar-refractivity contribution in [2.24, 2.45) is 0 Å². The molecule has 0 aliphatic rings. The molecule has 10 heteroatoms. The molecule has 0 fully saturated rings. The largest absolute Gasteiger partial charge is 0.354 e. The van der Waals surface area contributed by atoms with Gasteiger partial charge in [0.2, 0.25) is 21.8 Å². The number of carbonyl (C=O) groups excluding carboxylic acids is 2. The van der Waals surface area contributed by atoms with E-state index in [0.717, 1.165) is 29.0 Å². The Balaban J connectivity index is 2.40. The molecule has 0 bridgehead atoms. The summed E-state index contributed by atoms with van der Waals surface area (Å²) in [4.78, 5) is 27.9. The molecule has 0 spiro atoms. The highest BCUT2D eigenvalue weighted by atomic mass is 35.5. The summed E-state index contributed by atoms with van der Waals surface area (Å²) in [6.07, 6.45) is 3.13. The lowest BCUT2D eigenvalue weighted by molar-refractivity contribution is -0.140. The Morgan fingerprint density at radius 3 is 2.18 bits per heavy atom. The predicted molar refractivity (Wildman–Crippen MR) is 138 cm³/mol. The van der Waals surface area contributed by atoms with Crippen molar-refractivity contribution >= 4 is 50.7 Å². The van der Waals surface area contributed by atoms with E-state index in [1.165, 1.54) is 23.1 Å². The SMILES string of the molecule is CCCCNC(=O)[C@H](CC)N(Cc1ccccc1)C(=O)CN(c1cc(Cl)cc(Cl)c1)S(C)(=O)=O. The van der Waals surface area contributed by atoms with Gasteiger partial charge in [0, 0.05) is 23.1 Å². The van der Waals surface area contributed by atoms with Gasteiger partial charge in [0.05, 0.1) is 11.9 Å². The number of hydrogen-bond donors (Lipinski definition) is 1. The molecule has 186 valence electrons. The number of amides is 2. The van der Waals surface area contributed by atoms with E-state index in [1.54, 1.807) is 0 Å². The Morgan fingerprint density at radius 2 is 1.65 bits per heavy atom. The zero-order chi connectivity index (χ0) is 25.3. The molecule has 0 unspecified atom stereocenters. The summed E-state index contributed by atoms with van der Waals surface area (Å²) in [5.41, 5.74) is 1.00. The number of nitrogens with zero attached hydrogens (tertiary/aromatic N) is 2. The van der Waals surface area contributed by atoms with Gasteiger partial charge in [-0.1, -0.05) is 73.8 Å². The molecular formula is C24H31Cl2N3O4S. The third-order valence-electron chi connectivity index (χ3n) is 5.23. The van der Waals surface area contributed by atoms with E-state index in [-0.39, 0.29) is 28.2 Å². The maximum Gasteiger partial charge on any atom is 0.244 e. The molecule has 0 saturated carbocycles. The molecule has 0 heterocycles. The van der Waals surface area contributed by atoms with Crippen LogP contribution >= 0.6 is 23.2 Å². The molecule has 1 N–H and O–H groups in total. The lowest BCUT2D eigenvalue weighted by atomic mass is 10.1. The van der Waals surface area contributed by atoms with Crippen LogP contribution < -0.4 is 9.62 Å². The minimum Gasteiger partial charge on any atom is -0.354 e. The van der Waals surface area contributed by atoms with Gasteiger partial charge in [-0.05, 0) is 36.6 Å². The first-order chi connectivity index (χ1) is 16.1. The average molecular weight is 529 g/mol. The number of rotatable bonds is 12. The van der Waals surface area contributed by atoms with Crippen molar-refractivity contribution in [3.63, 3.8) is 0 Å².